The lowest BCUT2D eigenvalue weighted by atomic mass is 9.78. The van der Waals surface area contributed by atoms with Gasteiger partial charge in [0.05, 0.1) is 29.8 Å². The van der Waals surface area contributed by atoms with Gasteiger partial charge >= 0.3 is 11.9 Å². The second-order valence-corrected chi connectivity index (χ2v) is 9.45. The minimum Gasteiger partial charge on any atom is -0.462 e. The van der Waals surface area contributed by atoms with Crippen LogP contribution in [0.1, 0.15) is 78.9 Å². The Hall–Kier alpha value is -2.56. The molecule has 5 heteroatoms. The van der Waals surface area contributed by atoms with E-state index in [1.54, 1.807) is 0 Å². The van der Waals surface area contributed by atoms with Crippen molar-refractivity contribution in [3.05, 3.63) is 57.9 Å². The normalized spacial score (nSPS) is 17.4. The summed E-state index contributed by atoms with van der Waals surface area (Å²) in [6.45, 7) is 16.2. The van der Waals surface area contributed by atoms with Gasteiger partial charge in [-0.15, -0.1) is 0 Å². The Balaban J connectivity index is 2.67. The van der Waals surface area contributed by atoms with Gasteiger partial charge in [-0.1, -0.05) is 52.0 Å². The van der Waals surface area contributed by atoms with E-state index in [-0.39, 0.29) is 11.5 Å². The summed E-state index contributed by atoms with van der Waals surface area (Å²) >= 11 is 0. The number of carbonyl (C=O) groups excluding carboxylic acids is 2. The number of benzene rings is 1. The Morgan fingerprint density at radius 3 is 1.97 bits per heavy atom. The maximum Gasteiger partial charge on any atom is 0.337 e. The average Bonchev–Trinajstić information content (AvgIpc) is 2.68. The van der Waals surface area contributed by atoms with Gasteiger partial charge < -0.3 is 14.4 Å². The van der Waals surface area contributed by atoms with E-state index >= 15 is 0 Å². The van der Waals surface area contributed by atoms with E-state index in [0.717, 1.165) is 23.4 Å². The molecule has 1 aromatic rings. The summed E-state index contributed by atoms with van der Waals surface area (Å²) in [6, 6.07) is 8.15. The van der Waals surface area contributed by atoms with Crippen molar-refractivity contribution in [3.63, 3.8) is 0 Å². The summed E-state index contributed by atoms with van der Waals surface area (Å²) in [5.41, 5.74) is 4.59. The first-order valence-corrected chi connectivity index (χ1v) is 11.0. The minimum absolute atomic E-state index is 0.00507. The van der Waals surface area contributed by atoms with Crippen LogP contribution in [0.2, 0.25) is 0 Å². The standard InChI is InChI=1S/C26H37NO4/c1-10-15-30-24(28)21-17(4)27(9)18(5)22(25(29)31-16(2)3)23(21)19-11-13-20(14-12-19)26(6,7)8/h11-14,16,23H,10,15H2,1-9H3. The summed E-state index contributed by atoms with van der Waals surface area (Å²) in [4.78, 5) is 28.2. The Kier molecular flexibility index (Phi) is 7.74. The first-order valence-electron chi connectivity index (χ1n) is 11.0. The molecular formula is C26H37NO4. The Bertz CT molecular complexity index is 885. The number of ether oxygens (including phenoxy) is 2. The molecule has 1 unspecified atom stereocenters. The van der Waals surface area contributed by atoms with E-state index in [4.69, 9.17) is 9.47 Å². The lowest BCUT2D eigenvalue weighted by molar-refractivity contribution is -0.143. The highest BCUT2D eigenvalue weighted by molar-refractivity contribution is 5.99. The van der Waals surface area contributed by atoms with E-state index in [2.05, 4.69) is 32.9 Å². The molecule has 0 radical (unpaired) electrons. The predicted octanol–water partition coefficient (Wildman–Crippen LogP) is 5.47. The van der Waals surface area contributed by atoms with E-state index in [1.807, 2.05) is 58.7 Å². The molecule has 0 amide bonds. The molecule has 2 rings (SSSR count). The van der Waals surface area contributed by atoms with Crippen LogP contribution in [-0.2, 0) is 24.5 Å². The van der Waals surface area contributed by atoms with Gasteiger partial charge in [-0.25, -0.2) is 9.59 Å². The predicted molar refractivity (Wildman–Crippen MR) is 124 cm³/mol. The molecule has 5 nitrogen and oxygen atoms in total. The number of hydrogen-bond acceptors (Lipinski definition) is 5. The lowest BCUT2D eigenvalue weighted by Gasteiger charge is -2.36. The molecule has 1 aliphatic heterocycles. The molecule has 0 aliphatic carbocycles. The number of hydrogen-bond donors (Lipinski definition) is 0. The largest absolute Gasteiger partial charge is 0.462 e. The van der Waals surface area contributed by atoms with E-state index in [0.29, 0.717) is 17.8 Å². The van der Waals surface area contributed by atoms with Crippen LogP contribution >= 0.6 is 0 Å². The highest BCUT2D eigenvalue weighted by atomic mass is 16.5. The highest BCUT2D eigenvalue weighted by Crippen LogP contribution is 2.42. The zero-order valence-corrected chi connectivity index (χ0v) is 20.5. The third-order valence-corrected chi connectivity index (χ3v) is 5.69. The van der Waals surface area contributed by atoms with Gasteiger partial charge in [0.1, 0.15) is 0 Å². The van der Waals surface area contributed by atoms with Gasteiger partial charge in [0.15, 0.2) is 0 Å². The van der Waals surface area contributed by atoms with Crippen molar-refractivity contribution in [2.75, 3.05) is 13.7 Å². The summed E-state index contributed by atoms with van der Waals surface area (Å²) in [5, 5.41) is 0. The second-order valence-electron chi connectivity index (χ2n) is 9.45. The molecule has 0 saturated heterocycles. The van der Waals surface area contributed by atoms with Gasteiger partial charge in [-0.2, -0.15) is 0 Å². The zero-order valence-electron chi connectivity index (χ0n) is 20.5. The molecule has 1 aromatic carbocycles. The zero-order chi connectivity index (χ0) is 23.5. The topological polar surface area (TPSA) is 55.8 Å². The second kappa shape index (κ2) is 9.71. The summed E-state index contributed by atoms with van der Waals surface area (Å²) in [7, 11) is 1.86. The number of nitrogens with zero attached hydrogens (tertiary/aromatic N) is 1. The number of esters is 2. The van der Waals surface area contributed by atoms with Crippen LogP contribution in [0, 0.1) is 0 Å². The highest BCUT2D eigenvalue weighted by Gasteiger charge is 2.40. The first kappa shape index (κ1) is 24.7. The van der Waals surface area contributed by atoms with Gasteiger partial charge in [-0.05, 0) is 50.7 Å². The van der Waals surface area contributed by atoms with Crippen LogP contribution in [0.5, 0.6) is 0 Å². The molecule has 1 aliphatic rings. The molecule has 0 spiro atoms. The number of rotatable bonds is 6. The number of allylic oxidation sites excluding steroid dienone is 2. The van der Waals surface area contributed by atoms with Gasteiger partial charge in [-0.3, -0.25) is 0 Å². The average molecular weight is 428 g/mol. The molecule has 0 bridgehead atoms. The first-order chi connectivity index (χ1) is 14.4. The van der Waals surface area contributed by atoms with Crippen LogP contribution in [0.4, 0.5) is 0 Å². The third-order valence-electron chi connectivity index (χ3n) is 5.69. The number of carbonyl (C=O) groups is 2. The Labute approximate surface area is 187 Å². The van der Waals surface area contributed by atoms with Gasteiger partial charge in [0.25, 0.3) is 0 Å². The molecule has 1 heterocycles. The minimum atomic E-state index is -0.541. The van der Waals surface area contributed by atoms with Gasteiger partial charge in [0, 0.05) is 18.4 Å². The van der Waals surface area contributed by atoms with Crippen molar-refractivity contribution < 1.29 is 19.1 Å². The van der Waals surface area contributed by atoms with Crippen molar-refractivity contribution in [1.29, 1.82) is 0 Å². The molecular weight excluding hydrogens is 390 g/mol. The maximum atomic E-state index is 13.2. The van der Waals surface area contributed by atoms with Crippen LogP contribution in [0.25, 0.3) is 0 Å². The fraction of sp³-hybridized carbons (Fsp3) is 0.538. The Morgan fingerprint density at radius 2 is 1.52 bits per heavy atom. The molecule has 0 N–H and O–H groups in total. The van der Waals surface area contributed by atoms with E-state index in [1.165, 1.54) is 5.56 Å². The summed E-state index contributed by atoms with van der Waals surface area (Å²) < 4.78 is 11.1. The van der Waals surface area contributed by atoms with Crippen molar-refractivity contribution in [3.8, 4) is 0 Å². The Morgan fingerprint density at radius 1 is 1.00 bits per heavy atom. The SMILES string of the molecule is CCCOC(=O)C1=C(C)N(C)C(C)=C(C(=O)OC(C)C)C1c1ccc(C(C)(C)C)cc1. The van der Waals surface area contributed by atoms with Crippen LogP contribution < -0.4 is 0 Å². The molecule has 0 fully saturated rings. The molecule has 0 aromatic heterocycles. The quantitative estimate of drug-likeness (QED) is 0.564. The van der Waals surface area contributed by atoms with Gasteiger partial charge in [0.2, 0.25) is 0 Å². The summed E-state index contributed by atoms with van der Waals surface area (Å²) in [5.74, 6) is -1.34. The molecule has 1 atom stereocenters. The summed E-state index contributed by atoms with van der Waals surface area (Å²) in [6.07, 6.45) is 0.472. The fourth-order valence-electron chi connectivity index (χ4n) is 3.77. The van der Waals surface area contributed by atoms with Crippen LogP contribution in [-0.4, -0.2) is 36.6 Å². The monoisotopic (exact) mass is 427 g/mol. The fourth-order valence-corrected chi connectivity index (χ4v) is 3.77. The smallest absolute Gasteiger partial charge is 0.337 e. The van der Waals surface area contributed by atoms with Crippen molar-refractivity contribution in [2.45, 2.75) is 79.2 Å². The third kappa shape index (κ3) is 5.38. The molecule has 31 heavy (non-hydrogen) atoms. The van der Waals surface area contributed by atoms with Crippen molar-refractivity contribution >= 4 is 11.9 Å². The lowest BCUT2D eigenvalue weighted by Crippen LogP contribution is -2.34. The maximum absolute atomic E-state index is 13.2. The van der Waals surface area contributed by atoms with Crippen molar-refractivity contribution in [1.82, 2.24) is 4.90 Å². The van der Waals surface area contributed by atoms with Crippen molar-refractivity contribution in [2.24, 2.45) is 0 Å². The molecule has 170 valence electrons. The molecule has 0 saturated carbocycles. The van der Waals surface area contributed by atoms with Crippen LogP contribution in [0.3, 0.4) is 0 Å². The van der Waals surface area contributed by atoms with E-state index in [9.17, 15) is 9.59 Å². The van der Waals surface area contributed by atoms with Crippen LogP contribution in [0.15, 0.2) is 46.8 Å². The van der Waals surface area contributed by atoms with E-state index < -0.39 is 17.9 Å².